The zero-order chi connectivity index (χ0) is 14.2. The summed E-state index contributed by atoms with van der Waals surface area (Å²) in [6, 6.07) is 0. The van der Waals surface area contributed by atoms with Crippen LogP contribution in [0.1, 0.15) is 34.1 Å². The molecule has 0 saturated carbocycles. The average molecular weight is 259 g/mol. The summed E-state index contributed by atoms with van der Waals surface area (Å²) in [4.78, 5) is 2.36. The first-order valence-electron chi connectivity index (χ1n) is 6.52. The maximum atomic E-state index is 8.75. The monoisotopic (exact) mass is 259 g/mol. The van der Waals surface area contributed by atoms with E-state index in [1.165, 1.54) is 0 Å². The standard InChI is InChI=1S/C13H29N3O2/c1-11(2)10-16(8-9-18-5)7-6-13(3,4)12(14)15-17/h11,17H,6-10H2,1-5H3,(H2,14,15). The summed E-state index contributed by atoms with van der Waals surface area (Å²) in [5.74, 6) is 0.910. The Morgan fingerprint density at radius 1 is 1.39 bits per heavy atom. The van der Waals surface area contributed by atoms with Crippen LogP contribution in [0.4, 0.5) is 0 Å². The van der Waals surface area contributed by atoms with E-state index in [1.807, 2.05) is 13.8 Å². The molecule has 0 bridgehead atoms. The van der Waals surface area contributed by atoms with E-state index >= 15 is 0 Å². The number of ether oxygens (including phenoxy) is 1. The van der Waals surface area contributed by atoms with Crippen molar-refractivity contribution in [2.45, 2.75) is 34.1 Å². The lowest BCUT2D eigenvalue weighted by atomic mass is 9.88. The van der Waals surface area contributed by atoms with Crippen LogP contribution in [0.15, 0.2) is 5.16 Å². The lowest BCUT2D eigenvalue weighted by molar-refractivity contribution is 0.134. The van der Waals surface area contributed by atoms with Gasteiger partial charge in [-0.1, -0.05) is 32.9 Å². The fraction of sp³-hybridized carbons (Fsp3) is 0.923. The first-order valence-corrected chi connectivity index (χ1v) is 6.52. The fourth-order valence-corrected chi connectivity index (χ4v) is 1.73. The van der Waals surface area contributed by atoms with Gasteiger partial charge in [0.15, 0.2) is 0 Å². The van der Waals surface area contributed by atoms with Crippen LogP contribution in [0.5, 0.6) is 0 Å². The van der Waals surface area contributed by atoms with Crippen molar-refractivity contribution in [2.75, 3.05) is 33.4 Å². The summed E-state index contributed by atoms with van der Waals surface area (Å²) in [5.41, 5.74) is 5.41. The summed E-state index contributed by atoms with van der Waals surface area (Å²) >= 11 is 0. The first kappa shape index (κ1) is 17.2. The zero-order valence-corrected chi connectivity index (χ0v) is 12.4. The number of rotatable bonds is 9. The highest BCUT2D eigenvalue weighted by Gasteiger charge is 2.24. The summed E-state index contributed by atoms with van der Waals surface area (Å²) in [6.07, 6.45) is 0.860. The zero-order valence-electron chi connectivity index (χ0n) is 12.4. The number of hydrogen-bond donors (Lipinski definition) is 2. The summed E-state index contributed by atoms with van der Waals surface area (Å²) in [5, 5.41) is 11.9. The van der Waals surface area contributed by atoms with Crippen LogP contribution in [-0.2, 0) is 4.74 Å². The van der Waals surface area contributed by atoms with Crippen molar-refractivity contribution >= 4 is 5.84 Å². The SMILES string of the molecule is COCCN(CCC(C)(C)C(N)=NO)CC(C)C. The van der Waals surface area contributed by atoms with Gasteiger partial charge in [0, 0.05) is 25.6 Å². The van der Waals surface area contributed by atoms with Crippen molar-refractivity contribution in [1.29, 1.82) is 0 Å². The quantitative estimate of drug-likeness (QED) is 0.286. The largest absolute Gasteiger partial charge is 0.409 e. The van der Waals surface area contributed by atoms with Gasteiger partial charge in [-0.3, -0.25) is 0 Å². The third kappa shape index (κ3) is 6.81. The van der Waals surface area contributed by atoms with Crippen LogP contribution < -0.4 is 5.73 Å². The maximum absolute atomic E-state index is 8.75. The Kier molecular flexibility index (Phi) is 7.95. The molecule has 0 saturated heterocycles. The molecule has 0 unspecified atom stereocenters. The molecule has 0 aliphatic heterocycles. The first-order chi connectivity index (χ1) is 8.33. The molecule has 5 heteroatoms. The molecule has 0 atom stereocenters. The predicted molar refractivity (Wildman–Crippen MR) is 75.0 cm³/mol. The number of methoxy groups -OCH3 is 1. The van der Waals surface area contributed by atoms with Gasteiger partial charge in [-0.05, 0) is 18.9 Å². The fourth-order valence-electron chi connectivity index (χ4n) is 1.73. The molecule has 0 aromatic carbocycles. The van der Waals surface area contributed by atoms with Crippen LogP contribution in [0.2, 0.25) is 0 Å². The minimum Gasteiger partial charge on any atom is -0.409 e. The summed E-state index contributed by atoms with van der Waals surface area (Å²) in [7, 11) is 1.72. The molecule has 3 N–H and O–H groups in total. The highest BCUT2D eigenvalue weighted by Crippen LogP contribution is 2.21. The van der Waals surface area contributed by atoms with Crippen molar-refractivity contribution in [3.05, 3.63) is 0 Å². The van der Waals surface area contributed by atoms with E-state index in [0.29, 0.717) is 11.8 Å². The van der Waals surface area contributed by atoms with Crippen LogP contribution in [0.3, 0.4) is 0 Å². The van der Waals surface area contributed by atoms with Gasteiger partial charge in [-0.15, -0.1) is 0 Å². The molecule has 108 valence electrons. The molecule has 0 rings (SSSR count). The van der Waals surface area contributed by atoms with Crippen molar-refractivity contribution < 1.29 is 9.94 Å². The molecule has 0 amide bonds. The third-order valence-electron chi connectivity index (χ3n) is 3.09. The van der Waals surface area contributed by atoms with Gasteiger partial charge in [-0.25, -0.2) is 0 Å². The molecule has 0 spiro atoms. The molecule has 0 aliphatic carbocycles. The van der Waals surface area contributed by atoms with Gasteiger partial charge >= 0.3 is 0 Å². The smallest absolute Gasteiger partial charge is 0.144 e. The van der Waals surface area contributed by atoms with Gasteiger partial charge < -0.3 is 20.6 Å². The number of nitrogens with zero attached hydrogens (tertiary/aromatic N) is 2. The summed E-state index contributed by atoms with van der Waals surface area (Å²) in [6.45, 7) is 12.0. The van der Waals surface area contributed by atoms with E-state index in [2.05, 4.69) is 23.9 Å². The Morgan fingerprint density at radius 2 is 2.00 bits per heavy atom. The number of nitrogens with two attached hydrogens (primary N) is 1. The van der Waals surface area contributed by atoms with Crippen molar-refractivity contribution in [2.24, 2.45) is 22.2 Å². The van der Waals surface area contributed by atoms with Crippen molar-refractivity contribution in [3.8, 4) is 0 Å². The molecule has 0 fully saturated rings. The topological polar surface area (TPSA) is 71.1 Å². The normalized spacial score (nSPS) is 13.6. The van der Waals surface area contributed by atoms with E-state index in [4.69, 9.17) is 15.7 Å². The lowest BCUT2D eigenvalue weighted by Crippen LogP contribution is -2.38. The highest BCUT2D eigenvalue weighted by molar-refractivity contribution is 5.85. The molecule has 18 heavy (non-hydrogen) atoms. The van der Waals surface area contributed by atoms with Crippen molar-refractivity contribution in [1.82, 2.24) is 4.90 Å². The second-order valence-electron chi connectivity index (χ2n) is 5.81. The average Bonchev–Trinajstić information content (AvgIpc) is 2.31. The van der Waals surface area contributed by atoms with Gasteiger partial charge in [0.25, 0.3) is 0 Å². The number of oxime groups is 1. The Hall–Kier alpha value is -0.810. The molecule has 5 nitrogen and oxygen atoms in total. The van der Waals surface area contributed by atoms with E-state index in [0.717, 1.165) is 32.7 Å². The van der Waals surface area contributed by atoms with E-state index in [-0.39, 0.29) is 5.41 Å². The molecule has 0 aliphatic rings. The Labute approximate surface area is 111 Å². The molecule has 0 heterocycles. The molecule has 0 aromatic rings. The predicted octanol–water partition coefficient (Wildman–Crippen LogP) is 1.75. The van der Waals surface area contributed by atoms with E-state index < -0.39 is 0 Å². The number of hydrogen-bond acceptors (Lipinski definition) is 4. The van der Waals surface area contributed by atoms with E-state index in [1.54, 1.807) is 7.11 Å². The lowest BCUT2D eigenvalue weighted by Gasteiger charge is -2.29. The van der Waals surface area contributed by atoms with Gasteiger partial charge in [0.1, 0.15) is 5.84 Å². The van der Waals surface area contributed by atoms with Gasteiger partial charge in [0.2, 0.25) is 0 Å². The highest BCUT2D eigenvalue weighted by atomic mass is 16.5. The maximum Gasteiger partial charge on any atom is 0.144 e. The molecule has 0 aromatic heterocycles. The second kappa shape index (κ2) is 8.32. The second-order valence-corrected chi connectivity index (χ2v) is 5.81. The van der Waals surface area contributed by atoms with Crippen molar-refractivity contribution in [3.63, 3.8) is 0 Å². The van der Waals surface area contributed by atoms with Gasteiger partial charge in [0.05, 0.1) is 6.61 Å². The molecular weight excluding hydrogens is 230 g/mol. The van der Waals surface area contributed by atoms with Gasteiger partial charge in [-0.2, -0.15) is 0 Å². The van der Waals surface area contributed by atoms with Crippen LogP contribution in [0, 0.1) is 11.3 Å². The minimum absolute atomic E-state index is 0.281. The minimum atomic E-state index is -0.281. The molecule has 0 radical (unpaired) electrons. The summed E-state index contributed by atoms with van der Waals surface area (Å²) < 4.78 is 5.12. The number of amidine groups is 1. The van der Waals surface area contributed by atoms with Crippen LogP contribution in [0.25, 0.3) is 0 Å². The van der Waals surface area contributed by atoms with Crippen LogP contribution in [-0.4, -0.2) is 49.3 Å². The van der Waals surface area contributed by atoms with Crippen LogP contribution >= 0.6 is 0 Å². The Balaban J connectivity index is 4.32. The molecular formula is C13H29N3O2. The Morgan fingerprint density at radius 3 is 2.44 bits per heavy atom. The Bertz CT molecular complexity index is 253. The van der Waals surface area contributed by atoms with E-state index in [9.17, 15) is 0 Å². The third-order valence-corrected chi connectivity index (χ3v) is 3.09.